The predicted molar refractivity (Wildman–Crippen MR) is 116 cm³/mol. The Morgan fingerprint density at radius 3 is 2.53 bits per heavy atom. The summed E-state index contributed by atoms with van der Waals surface area (Å²) >= 11 is 0. The van der Waals surface area contributed by atoms with Crippen molar-refractivity contribution in [3.05, 3.63) is 81.0 Å². The molecule has 0 amide bonds. The number of methoxy groups -OCH3 is 1. The Morgan fingerprint density at radius 2 is 1.80 bits per heavy atom. The average molecular weight is 404 g/mol. The first-order chi connectivity index (χ1) is 14.4. The maximum absolute atomic E-state index is 12.8. The highest BCUT2D eigenvalue weighted by Gasteiger charge is 2.17. The summed E-state index contributed by atoms with van der Waals surface area (Å²) in [4.78, 5) is 25.1. The molecule has 0 aliphatic rings. The average Bonchev–Trinajstić information content (AvgIpc) is 2.72. The third-order valence-corrected chi connectivity index (χ3v) is 4.82. The van der Waals surface area contributed by atoms with E-state index in [-0.39, 0.29) is 5.56 Å². The second kappa shape index (κ2) is 7.55. The molecular formula is C24H20O6. The summed E-state index contributed by atoms with van der Waals surface area (Å²) in [6.45, 7) is 7.84. The number of hydrogen-bond donors (Lipinski definition) is 0. The first-order valence-corrected chi connectivity index (χ1v) is 9.35. The van der Waals surface area contributed by atoms with Crippen LogP contribution >= 0.6 is 0 Å². The Labute approximate surface area is 172 Å². The molecule has 30 heavy (non-hydrogen) atoms. The Hall–Kier alpha value is -3.80. The first-order valence-electron chi connectivity index (χ1n) is 9.35. The van der Waals surface area contributed by atoms with Crippen LogP contribution in [0.5, 0.6) is 11.5 Å². The van der Waals surface area contributed by atoms with Crippen molar-refractivity contribution in [2.75, 3.05) is 13.7 Å². The fourth-order valence-corrected chi connectivity index (χ4v) is 3.39. The Kier molecular flexibility index (Phi) is 4.91. The van der Waals surface area contributed by atoms with Crippen molar-refractivity contribution < 1.29 is 18.3 Å². The summed E-state index contributed by atoms with van der Waals surface area (Å²) in [6.07, 6.45) is 0. The largest absolute Gasteiger partial charge is 0.493 e. The molecule has 0 radical (unpaired) electrons. The van der Waals surface area contributed by atoms with Crippen LogP contribution in [-0.4, -0.2) is 13.7 Å². The van der Waals surface area contributed by atoms with Crippen LogP contribution in [0, 0.1) is 6.92 Å². The SMILES string of the molecule is C=C(C)COc1ccc2c(-c3cc4cccc(OC)c4oc3=O)cc(=O)oc2c1C. The van der Waals surface area contributed by atoms with E-state index in [0.29, 0.717) is 51.2 Å². The van der Waals surface area contributed by atoms with E-state index < -0.39 is 11.3 Å². The first kappa shape index (κ1) is 19.5. The molecule has 0 atom stereocenters. The third-order valence-electron chi connectivity index (χ3n) is 4.82. The molecule has 0 spiro atoms. The molecule has 0 saturated heterocycles. The topological polar surface area (TPSA) is 78.9 Å². The van der Waals surface area contributed by atoms with Crippen LogP contribution in [0.1, 0.15) is 12.5 Å². The van der Waals surface area contributed by atoms with Crippen molar-refractivity contribution in [2.24, 2.45) is 0 Å². The van der Waals surface area contributed by atoms with E-state index in [9.17, 15) is 9.59 Å². The van der Waals surface area contributed by atoms with E-state index in [1.165, 1.54) is 13.2 Å². The van der Waals surface area contributed by atoms with E-state index >= 15 is 0 Å². The highest BCUT2D eigenvalue weighted by molar-refractivity contribution is 5.97. The molecule has 0 bridgehead atoms. The lowest BCUT2D eigenvalue weighted by Crippen LogP contribution is -2.07. The van der Waals surface area contributed by atoms with Crippen LogP contribution in [0.25, 0.3) is 33.1 Å². The van der Waals surface area contributed by atoms with Gasteiger partial charge in [-0.2, -0.15) is 0 Å². The third kappa shape index (κ3) is 3.37. The van der Waals surface area contributed by atoms with E-state index in [1.807, 2.05) is 13.0 Å². The number of fused-ring (bicyclic) bond motifs is 2. The van der Waals surface area contributed by atoms with Gasteiger partial charge in [0, 0.05) is 28.0 Å². The summed E-state index contributed by atoms with van der Waals surface area (Å²) in [5.74, 6) is 1.05. The minimum atomic E-state index is -0.570. The standard InChI is InChI=1S/C24H20O6/c1-13(2)12-28-19-9-8-16-17(11-21(25)29-22(16)14(19)3)18-10-15-6-5-7-20(27-4)23(15)30-24(18)26/h5-11H,1,12H2,2-4H3. The molecule has 6 nitrogen and oxygen atoms in total. The number of ether oxygens (including phenoxy) is 2. The molecular weight excluding hydrogens is 384 g/mol. The fraction of sp³-hybridized carbons (Fsp3) is 0.167. The second-order valence-electron chi connectivity index (χ2n) is 7.12. The van der Waals surface area contributed by atoms with Gasteiger partial charge in [-0.1, -0.05) is 18.7 Å². The minimum Gasteiger partial charge on any atom is -0.493 e. The summed E-state index contributed by atoms with van der Waals surface area (Å²) in [7, 11) is 1.51. The number of rotatable bonds is 5. The Bertz CT molecular complexity index is 1410. The molecule has 0 unspecified atom stereocenters. The normalized spacial score (nSPS) is 11.0. The van der Waals surface area contributed by atoms with E-state index in [1.54, 1.807) is 37.3 Å². The number of para-hydroxylation sites is 1. The van der Waals surface area contributed by atoms with Gasteiger partial charge >= 0.3 is 11.3 Å². The molecule has 4 aromatic rings. The Balaban J connectivity index is 1.96. The van der Waals surface area contributed by atoms with E-state index in [0.717, 1.165) is 5.57 Å². The summed E-state index contributed by atoms with van der Waals surface area (Å²) in [5, 5.41) is 1.30. The van der Waals surface area contributed by atoms with Crippen LogP contribution < -0.4 is 20.7 Å². The van der Waals surface area contributed by atoms with Crippen molar-refractivity contribution in [1.29, 1.82) is 0 Å². The van der Waals surface area contributed by atoms with Crippen molar-refractivity contribution >= 4 is 21.9 Å². The van der Waals surface area contributed by atoms with Crippen molar-refractivity contribution in [3.63, 3.8) is 0 Å². The van der Waals surface area contributed by atoms with Gasteiger partial charge in [-0.3, -0.25) is 0 Å². The smallest absolute Gasteiger partial charge is 0.344 e. The fourth-order valence-electron chi connectivity index (χ4n) is 3.39. The lowest BCUT2D eigenvalue weighted by Gasteiger charge is -2.12. The molecule has 2 aromatic carbocycles. The number of aryl methyl sites for hydroxylation is 1. The van der Waals surface area contributed by atoms with Gasteiger partial charge in [-0.25, -0.2) is 9.59 Å². The zero-order valence-electron chi connectivity index (χ0n) is 16.9. The number of hydrogen-bond acceptors (Lipinski definition) is 6. The highest BCUT2D eigenvalue weighted by atomic mass is 16.5. The molecule has 4 rings (SSSR count). The van der Waals surface area contributed by atoms with Gasteiger partial charge in [0.1, 0.15) is 17.9 Å². The quantitative estimate of drug-likeness (QED) is 0.350. The minimum absolute atomic E-state index is 0.267. The molecule has 6 heteroatoms. The lowest BCUT2D eigenvalue weighted by molar-refractivity contribution is 0.350. The van der Waals surface area contributed by atoms with Crippen molar-refractivity contribution in [3.8, 4) is 22.6 Å². The van der Waals surface area contributed by atoms with Crippen molar-refractivity contribution in [1.82, 2.24) is 0 Å². The van der Waals surface area contributed by atoms with Gasteiger partial charge in [-0.15, -0.1) is 0 Å². The monoisotopic (exact) mass is 404 g/mol. The van der Waals surface area contributed by atoms with Gasteiger partial charge < -0.3 is 18.3 Å². The molecule has 0 saturated carbocycles. The summed E-state index contributed by atoms with van der Waals surface area (Å²) in [5.41, 5.74) is 1.82. The summed E-state index contributed by atoms with van der Waals surface area (Å²) < 4.78 is 22.0. The van der Waals surface area contributed by atoms with Gasteiger partial charge in [-0.05, 0) is 43.7 Å². The van der Waals surface area contributed by atoms with Crippen LogP contribution in [0.4, 0.5) is 0 Å². The molecule has 0 aliphatic heterocycles. The van der Waals surface area contributed by atoms with Crippen LogP contribution in [-0.2, 0) is 0 Å². The van der Waals surface area contributed by atoms with Crippen LogP contribution in [0.15, 0.2) is 73.0 Å². The maximum Gasteiger partial charge on any atom is 0.344 e. The van der Waals surface area contributed by atoms with Crippen LogP contribution in [0.3, 0.4) is 0 Å². The Morgan fingerprint density at radius 1 is 1.00 bits per heavy atom. The maximum atomic E-state index is 12.8. The molecule has 0 fully saturated rings. The van der Waals surface area contributed by atoms with Gasteiger partial charge in [0.05, 0.1) is 12.7 Å². The van der Waals surface area contributed by atoms with E-state index in [4.69, 9.17) is 18.3 Å². The zero-order valence-corrected chi connectivity index (χ0v) is 16.9. The molecule has 0 aliphatic carbocycles. The zero-order chi connectivity index (χ0) is 21.4. The molecule has 2 aromatic heterocycles. The van der Waals surface area contributed by atoms with Gasteiger partial charge in [0.15, 0.2) is 11.3 Å². The van der Waals surface area contributed by atoms with Gasteiger partial charge in [0.2, 0.25) is 0 Å². The number of benzene rings is 2. The molecule has 152 valence electrons. The lowest BCUT2D eigenvalue weighted by atomic mass is 10.0. The predicted octanol–water partition coefficient (Wildman–Crippen LogP) is 4.84. The molecule has 0 N–H and O–H groups in total. The van der Waals surface area contributed by atoms with Gasteiger partial charge in [0.25, 0.3) is 0 Å². The van der Waals surface area contributed by atoms with Crippen LogP contribution in [0.2, 0.25) is 0 Å². The van der Waals surface area contributed by atoms with Crippen molar-refractivity contribution in [2.45, 2.75) is 13.8 Å². The molecule has 2 heterocycles. The van der Waals surface area contributed by atoms with E-state index in [2.05, 4.69) is 6.58 Å². The highest BCUT2D eigenvalue weighted by Crippen LogP contribution is 2.34. The summed E-state index contributed by atoms with van der Waals surface area (Å²) in [6, 6.07) is 11.9. The second-order valence-corrected chi connectivity index (χ2v) is 7.12.